The lowest BCUT2D eigenvalue weighted by Gasteiger charge is -2.09. The van der Waals surface area contributed by atoms with Gasteiger partial charge in [-0.25, -0.2) is 9.50 Å². The Hall–Kier alpha value is -2.33. The second kappa shape index (κ2) is 4.85. The topological polar surface area (TPSA) is 35.1 Å². The summed E-state index contributed by atoms with van der Waals surface area (Å²) < 4.78 is 3.80. The van der Waals surface area contributed by atoms with Crippen LogP contribution >= 0.6 is 11.6 Å². The average Bonchev–Trinajstić information content (AvgIpc) is 3.09. The normalized spacial score (nSPS) is 11.6. The number of fused-ring (bicyclic) bond motifs is 2. The van der Waals surface area contributed by atoms with Crippen molar-refractivity contribution in [2.75, 3.05) is 0 Å². The first-order valence-electron chi connectivity index (χ1n) is 7.26. The fourth-order valence-corrected chi connectivity index (χ4v) is 3.02. The summed E-state index contributed by atoms with van der Waals surface area (Å²) in [6.45, 7) is 2.13. The number of halogens is 1. The van der Waals surface area contributed by atoms with Crippen molar-refractivity contribution in [2.45, 2.75) is 13.3 Å². The predicted molar refractivity (Wildman–Crippen MR) is 89.3 cm³/mol. The first-order chi connectivity index (χ1) is 10.7. The molecule has 0 aliphatic carbocycles. The largest absolute Gasteiger partial charge is 0.351 e. The van der Waals surface area contributed by atoms with Gasteiger partial charge in [-0.3, -0.25) is 0 Å². The molecule has 0 atom stereocenters. The van der Waals surface area contributed by atoms with Gasteiger partial charge in [-0.05, 0) is 35.6 Å². The Morgan fingerprint density at radius 3 is 2.86 bits per heavy atom. The molecule has 0 aliphatic rings. The molecule has 0 fully saturated rings. The summed E-state index contributed by atoms with van der Waals surface area (Å²) in [5.74, 6) is 0. The highest BCUT2D eigenvalue weighted by Crippen LogP contribution is 2.27. The highest BCUT2D eigenvalue weighted by Gasteiger charge is 2.12. The lowest BCUT2D eigenvalue weighted by molar-refractivity contribution is 0.921. The van der Waals surface area contributed by atoms with Gasteiger partial charge in [-0.15, -0.1) is 0 Å². The van der Waals surface area contributed by atoms with Crippen LogP contribution in [-0.4, -0.2) is 19.2 Å². The summed E-state index contributed by atoms with van der Waals surface area (Å²) in [6, 6.07) is 10.6. The smallest absolute Gasteiger partial charge is 0.155 e. The molecule has 0 saturated carbocycles. The summed E-state index contributed by atoms with van der Waals surface area (Å²) >= 11 is 6.16. The van der Waals surface area contributed by atoms with Gasteiger partial charge in [0.05, 0.1) is 11.9 Å². The van der Waals surface area contributed by atoms with Crippen molar-refractivity contribution in [1.82, 2.24) is 19.2 Å². The quantitative estimate of drug-likeness (QED) is 0.558. The maximum atomic E-state index is 6.16. The maximum Gasteiger partial charge on any atom is 0.155 e. The lowest BCUT2D eigenvalue weighted by atomic mass is 10.0. The summed E-state index contributed by atoms with van der Waals surface area (Å²) in [5.41, 5.74) is 5.20. The monoisotopic (exact) mass is 310 g/mol. The van der Waals surface area contributed by atoms with Crippen molar-refractivity contribution in [1.29, 1.82) is 0 Å². The summed E-state index contributed by atoms with van der Waals surface area (Å²) in [4.78, 5) is 4.28. The Morgan fingerprint density at radius 1 is 1.18 bits per heavy atom. The molecule has 3 aromatic heterocycles. The van der Waals surface area contributed by atoms with Crippen molar-refractivity contribution >= 4 is 28.2 Å². The van der Waals surface area contributed by atoms with Crippen LogP contribution in [0.4, 0.5) is 0 Å². The van der Waals surface area contributed by atoms with Crippen molar-refractivity contribution in [3.63, 3.8) is 0 Å². The van der Waals surface area contributed by atoms with E-state index >= 15 is 0 Å². The van der Waals surface area contributed by atoms with Gasteiger partial charge in [0.1, 0.15) is 0 Å². The molecule has 22 heavy (non-hydrogen) atoms. The third kappa shape index (κ3) is 1.91. The number of benzene rings is 1. The summed E-state index contributed by atoms with van der Waals surface area (Å²) in [6.07, 6.45) is 4.60. The van der Waals surface area contributed by atoms with E-state index in [1.807, 2.05) is 0 Å². The molecule has 0 aliphatic heterocycles. The van der Waals surface area contributed by atoms with Gasteiger partial charge in [-0.1, -0.05) is 30.7 Å². The second-order valence-corrected chi connectivity index (χ2v) is 5.81. The van der Waals surface area contributed by atoms with Crippen molar-refractivity contribution in [2.24, 2.45) is 7.05 Å². The first kappa shape index (κ1) is 13.3. The van der Waals surface area contributed by atoms with Crippen LogP contribution in [0.2, 0.25) is 5.15 Å². The third-order valence-corrected chi connectivity index (χ3v) is 4.33. The highest BCUT2D eigenvalue weighted by molar-refractivity contribution is 6.29. The van der Waals surface area contributed by atoms with Crippen LogP contribution < -0.4 is 0 Å². The summed E-state index contributed by atoms with van der Waals surface area (Å²) in [7, 11) is 2.05. The highest BCUT2D eigenvalue weighted by atomic mass is 35.5. The molecule has 0 saturated heterocycles. The van der Waals surface area contributed by atoms with Crippen LogP contribution in [0, 0.1) is 0 Å². The predicted octanol–water partition coefficient (Wildman–Crippen LogP) is 4.10. The zero-order valence-corrected chi connectivity index (χ0v) is 13.2. The minimum atomic E-state index is 0.527. The van der Waals surface area contributed by atoms with E-state index in [1.54, 1.807) is 10.7 Å². The Morgan fingerprint density at radius 2 is 2.05 bits per heavy atom. The molecule has 0 amide bonds. The van der Waals surface area contributed by atoms with Crippen LogP contribution in [0.25, 0.3) is 27.8 Å². The molecule has 110 valence electrons. The van der Waals surface area contributed by atoms with E-state index in [9.17, 15) is 0 Å². The number of rotatable bonds is 2. The van der Waals surface area contributed by atoms with Gasteiger partial charge in [0, 0.05) is 24.3 Å². The molecule has 0 spiro atoms. The number of aryl methyl sites for hydroxylation is 2. The first-order valence-corrected chi connectivity index (χ1v) is 7.64. The molecule has 4 aromatic rings. The fraction of sp³-hybridized carbons (Fsp3) is 0.176. The molecular formula is C17H15ClN4. The van der Waals surface area contributed by atoms with Gasteiger partial charge >= 0.3 is 0 Å². The van der Waals surface area contributed by atoms with Crippen LogP contribution in [0.1, 0.15) is 12.5 Å². The van der Waals surface area contributed by atoms with E-state index in [2.05, 4.69) is 60.1 Å². The molecule has 5 heteroatoms. The molecule has 1 aromatic carbocycles. The zero-order chi connectivity index (χ0) is 15.3. The van der Waals surface area contributed by atoms with Gasteiger partial charge in [0.2, 0.25) is 0 Å². The molecule has 3 heterocycles. The molecule has 0 radical (unpaired) electrons. The average molecular weight is 311 g/mol. The van der Waals surface area contributed by atoms with Crippen molar-refractivity contribution < 1.29 is 0 Å². The van der Waals surface area contributed by atoms with Crippen molar-refractivity contribution in [3.05, 3.63) is 53.4 Å². The van der Waals surface area contributed by atoms with E-state index < -0.39 is 0 Å². The van der Waals surface area contributed by atoms with Gasteiger partial charge in [0.15, 0.2) is 10.8 Å². The maximum absolute atomic E-state index is 6.16. The minimum absolute atomic E-state index is 0.527. The lowest BCUT2D eigenvalue weighted by Crippen LogP contribution is -2.00. The fourth-order valence-electron chi connectivity index (χ4n) is 2.85. The molecule has 4 rings (SSSR count). The number of hydrogen-bond donors (Lipinski definition) is 0. The Balaban J connectivity index is 2.00. The molecular weight excluding hydrogens is 296 g/mol. The Bertz CT molecular complexity index is 997. The molecule has 0 N–H and O–H groups in total. The van der Waals surface area contributed by atoms with E-state index in [4.69, 9.17) is 16.7 Å². The Labute approximate surface area is 133 Å². The molecule has 0 bridgehead atoms. The van der Waals surface area contributed by atoms with Gasteiger partial charge in [-0.2, -0.15) is 5.10 Å². The van der Waals surface area contributed by atoms with Gasteiger partial charge in [0.25, 0.3) is 0 Å². The second-order valence-electron chi connectivity index (χ2n) is 5.42. The van der Waals surface area contributed by atoms with E-state index in [-0.39, 0.29) is 0 Å². The number of hydrogen-bond acceptors (Lipinski definition) is 2. The van der Waals surface area contributed by atoms with Crippen LogP contribution in [0.5, 0.6) is 0 Å². The number of nitrogens with zero attached hydrogens (tertiary/aromatic N) is 4. The third-order valence-electron chi connectivity index (χ3n) is 4.07. The van der Waals surface area contributed by atoms with Crippen LogP contribution in [-0.2, 0) is 13.5 Å². The van der Waals surface area contributed by atoms with E-state index in [1.165, 1.54) is 16.5 Å². The van der Waals surface area contributed by atoms with Crippen LogP contribution in [0.15, 0.2) is 42.7 Å². The Kier molecular flexibility index (Phi) is 2.94. The number of imidazole rings is 1. The zero-order valence-electron chi connectivity index (χ0n) is 12.4. The molecule has 4 nitrogen and oxygen atoms in total. The van der Waals surface area contributed by atoms with Crippen molar-refractivity contribution in [3.8, 4) is 11.3 Å². The van der Waals surface area contributed by atoms with Crippen LogP contribution in [0.3, 0.4) is 0 Å². The van der Waals surface area contributed by atoms with E-state index in [0.717, 1.165) is 23.3 Å². The van der Waals surface area contributed by atoms with Gasteiger partial charge < -0.3 is 4.57 Å². The minimum Gasteiger partial charge on any atom is -0.351 e. The summed E-state index contributed by atoms with van der Waals surface area (Å²) in [5, 5.41) is 6.46. The SMILES string of the molecule is CCc1cc2ncc(Cl)n2nc1-c1ccc2ccn(C)c2c1. The molecule has 0 unspecified atom stereocenters. The van der Waals surface area contributed by atoms with E-state index in [0.29, 0.717) is 5.15 Å². The standard InChI is InChI=1S/C17H15ClN4/c1-3-11-9-16-19-10-15(18)22(16)20-17(11)13-5-4-12-6-7-21(2)14(12)8-13/h4-10H,3H2,1-2H3. The number of aromatic nitrogens is 4.